The number of hydrogen-bond donors (Lipinski definition) is 2. The molecule has 2 unspecified atom stereocenters. The molecule has 6 heteroatoms. The molecule has 114 valence electrons. The number of carbonyl (C=O) groups excluding carboxylic acids is 1. The summed E-state index contributed by atoms with van der Waals surface area (Å²) in [6.45, 7) is 3.46. The Morgan fingerprint density at radius 3 is 2.65 bits per heavy atom. The number of amides is 1. The van der Waals surface area contributed by atoms with E-state index in [-0.39, 0.29) is 11.8 Å². The zero-order valence-corrected chi connectivity index (χ0v) is 12.1. The molecule has 1 heterocycles. The maximum absolute atomic E-state index is 12.2. The third-order valence-corrected chi connectivity index (χ3v) is 4.54. The molecule has 20 heavy (non-hydrogen) atoms. The summed E-state index contributed by atoms with van der Waals surface area (Å²) in [5, 5.41) is 12.1. The van der Waals surface area contributed by atoms with Gasteiger partial charge in [-0.2, -0.15) is 0 Å². The zero-order valence-electron chi connectivity index (χ0n) is 12.1. The van der Waals surface area contributed by atoms with Crippen LogP contribution in [0.5, 0.6) is 0 Å². The molecule has 0 radical (unpaired) electrons. The zero-order chi connectivity index (χ0) is 14.8. The van der Waals surface area contributed by atoms with Gasteiger partial charge in [-0.25, -0.2) is 0 Å². The van der Waals surface area contributed by atoms with E-state index in [2.05, 4.69) is 5.32 Å². The summed E-state index contributed by atoms with van der Waals surface area (Å²) in [7, 11) is 1.61. The van der Waals surface area contributed by atoms with Crippen molar-refractivity contribution in [2.24, 2.45) is 17.8 Å². The van der Waals surface area contributed by atoms with Crippen molar-refractivity contribution in [2.45, 2.75) is 31.8 Å². The van der Waals surface area contributed by atoms with Crippen molar-refractivity contribution in [3.05, 3.63) is 0 Å². The van der Waals surface area contributed by atoms with E-state index in [4.69, 9.17) is 9.47 Å². The van der Waals surface area contributed by atoms with Gasteiger partial charge in [0.25, 0.3) is 0 Å². The quantitative estimate of drug-likeness (QED) is 0.775. The highest BCUT2D eigenvalue weighted by Crippen LogP contribution is 2.36. The monoisotopic (exact) mass is 285 g/mol. The predicted molar refractivity (Wildman–Crippen MR) is 71.2 cm³/mol. The molecule has 0 aromatic rings. The van der Waals surface area contributed by atoms with Gasteiger partial charge in [-0.1, -0.05) is 6.92 Å². The molecule has 0 aromatic carbocycles. The summed E-state index contributed by atoms with van der Waals surface area (Å²) >= 11 is 0. The Morgan fingerprint density at radius 2 is 2.10 bits per heavy atom. The Morgan fingerprint density at radius 1 is 1.40 bits per heavy atom. The lowest BCUT2D eigenvalue weighted by Crippen LogP contribution is -2.47. The van der Waals surface area contributed by atoms with Gasteiger partial charge in [0.15, 0.2) is 0 Å². The van der Waals surface area contributed by atoms with Crippen molar-refractivity contribution < 1.29 is 24.2 Å². The van der Waals surface area contributed by atoms with E-state index in [9.17, 15) is 14.7 Å². The Hall–Kier alpha value is -1.14. The van der Waals surface area contributed by atoms with Gasteiger partial charge in [-0.05, 0) is 18.8 Å². The smallest absolute Gasteiger partial charge is 0.307 e. The topological polar surface area (TPSA) is 84.9 Å². The first-order chi connectivity index (χ1) is 9.47. The molecule has 2 N–H and O–H groups in total. The number of aliphatic carboxylic acids is 1. The molecule has 1 aliphatic carbocycles. The van der Waals surface area contributed by atoms with Crippen LogP contribution in [0.1, 0.15) is 26.2 Å². The Balaban J connectivity index is 1.92. The first-order valence-electron chi connectivity index (χ1n) is 7.11. The van der Waals surface area contributed by atoms with Crippen LogP contribution in [0.15, 0.2) is 0 Å². The first kappa shape index (κ1) is 15.3. The van der Waals surface area contributed by atoms with Crippen molar-refractivity contribution >= 4 is 11.9 Å². The number of methoxy groups -OCH3 is 1. The minimum absolute atomic E-state index is 0.176. The summed E-state index contributed by atoms with van der Waals surface area (Å²) in [6, 6.07) is 0. The Labute approximate surface area is 118 Å². The molecule has 0 spiro atoms. The number of rotatable bonds is 5. The fraction of sp³-hybridized carbons (Fsp3) is 0.857. The van der Waals surface area contributed by atoms with Gasteiger partial charge in [0.1, 0.15) is 5.60 Å². The summed E-state index contributed by atoms with van der Waals surface area (Å²) in [5.74, 6) is -1.77. The lowest BCUT2D eigenvalue weighted by molar-refractivity contribution is -0.146. The number of ether oxygens (including phenoxy) is 2. The number of carbonyl (C=O) groups is 2. The van der Waals surface area contributed by atoms with Crippen molar-refractivity contribution in [1.29, 1.82) is 0 Å². The van der Waals surface area contributed by atoms with Gasteiger partial charge in [-0.3, -0.25) is 9.59 Å². The van der Waals surface area contributed by atoms with Crippen LogP contribution in [0.25, 0.3) is 0 Å². The van der Waals surface area contributed by atoms with Crippen LogP contribution in [0.3, 0.4) is 0 Å². The molecule has 0 aromatic heterocycles. The van der Waals surface area contributed by atoms with Crippen molar-refractivity contribution in [3.8, 4) is 0 Å². The van der Waals surface area contributed by atoms with Crippen LogP contribution in [-0.4, -0.2) is 49.5 Å². The number of nitrogens with one attached hydrogen (secondary N) is 1. The fourth-order valence-corrected chi connectivity index (χ4v) is 3.19. The van der Waals surface area contributed by atoms with E-state index in [1.54, 1.807) is 7.11 Å². The van der Waals surface area contributed by atoms with Crippen molar-refractivity contribution in [2.75, 3.05) is 26.9 Å². The average molecular weight is 285 g/mol. The second-order valence-corrected chi connectivity index (χ2v) is 6.04. The van der Waals surface area contributed by atoms with E-state index in [0.717, 1.165) is 6.42 Å². The summed E-state index contributed by atoms with van der Waals surface area (Å²) in [6.07, 6.45) is 1.96. The van der Waals surface area contributed by atoms with Crippen molar-refractivity contribution in [3.63, 3.8) is 0 Å². The van der Waals surface area contributed by atoms with E-state index < -0.39 is 23.4 Å². The fourth-order valence-electron chi connectivity index (χ4n) is 3.19. The van der Waals surface area contributed by atoms with Gasteiger partial charge in [0, 0.05) is 26.7 Å². The number of carboxylic acids is 1. The van der Waals surface area contributed by atoms with Crippen molar-refractivity contribution in [1.82, 2.24) is 5.32 Å². The molecule has 1 amide bonds. The molecule has 1 aliphatic heterocycles. The molecule has 0 bridgehead atoms. The Bertz CT molecular complexity index is 378. The summed E-state index contributed by atoms with van der Waals surface area (Å²) in [5.41, 5.74) is -0.460. The summed E-state index contributed by atoms with van der Waals surface area (Å²) < 4.78 is 10.8. The van der Waals surface area contributed by atoms with Crippen LogP contribution >= 0.6 is 0 Å². The second-order valence-electron chi connectivity index (χ2n) is 6.04. The maximum Gasteiger partial charge on any atom is 0.307 e. The van der Waals surface area contributed by atoms with Crippen LogP contribution in [0.4, 0.5) is 0 Å². The molecule has 2 rings (SSSR count). The second kappa shape index (κ2) is 6.10. The normalized spacial score (nSPS) is 37.0. The highest BCUT2D eigenvalue weighted by Gasteiger charge is 2.42. The molecular formula is C14H23NO5. The standard InChI is InChI=1S/C14H23NO5/c1-9-5-10(11(6-9)13(17)18)12(16)15-7-14(19-2)3-4-20-8-14/h9-11H,3-8H2,1-2H3,(H,15,16)(H,17,18)/t9?,10-,11+,14?/m0/s1. The van der Waals surface area contributed by atoms with E-state index in [1.165, 1.54) is 0 Å². The largest absolute Gasteiger partial charge is 0.481 e. The molecule has 4 atom stereocenters. The van der Waals surface area contributed by atoms with Gasteiger partial charge in [-0.15, -0.1) is 0 Å². The summed E-state index contributed by atoms with van der Waals surface area (Å²) in [4.78, 5) is 23.5. The number of carboxylic acid groups (broad SMARTS) is 1. The lowest BCUT2D eigenvalue weighted by atomic mass is 9.94. The predicted octanol–water partition coefficient (Wildman–Crippen LogP) is 0.655. The molecular weight excluding hydrogens is 262 g/mol. The van der Waals surface area contributed by atoms with Gasteiger partial charge in [0.2, 0.25) is 5.91 Å². The third kappa shape index (κ3) is 3.12. The first-order valence-corrected chi connectivity index (χ1v) is 7.11. The van der Waals surface area contributed by atoms with Crippen LogP contribution in [0, 0.1) is 17.8 Å². The van der Waals surface area contributed by atoms with Crippen LogP contribution < -0.4 is 5.32 Å². The highest BCUT2D eigenvalue weighted by atomic mass is 16.5. The average Bonchev–Trinajstić information content (AvgIpc) is 3.03. The minimum atomic E-state index is -0.875. The lowest BCUT2D eigenvalue weighted by Gasteiger charge is -2.27. The maximum atomic E-state index is 12.2. The van der Waals surface area contributed by atoms with Gasteiger partial charge in [0.05, 0.1) is 18.4 Å². The SMILES string of the molecule is COC1(CNC(=O)[C@H]2CC(C)C[C@H]2C(=O)O)CCOC1. The minimum Gasteiger partial charge on any atom is -0.481 e. The van der Waals surface area contributed by atoms with E-state index in [0.29, 0.717) is 32.6 Å². The van der Waals surface area contributed by atoms with E-state index >= 15 is 0 Å². The molecule has 1 saturated carbocycles. The molecule has 2 fully saturated rings. The van der Waals surface area contributed by atoms with Gasteiger partial charge < -0.3 is 19.9 Å². The number of hydrogen-bond acceptors (Lipinski definition) is 4. The highest BCUT2D eigenvalue weighted by molar-refractivity contribution is 5.85. The third-order valence-electron chi connectivity index (χ3n) is 4.54. The van der Waals surface area contributed by atoms with Crippen LogP contribution in [0.2, 0.25) is 0 Å². The van der Waals surface area contributed by atoms with Crippen LogP contribution in [-0.2, 0) is 19.1 Å². The molecule has 6 nitrogen and oxygen atoms in total. The van der Waals surface area contributed by atoms with Gasteiger partial charge >= 0.3 is 5.97 Å². The molecule has 1 saturated heterocycles. The Kier molecular flexibility index (Phi) is 4.65. The molecule has 2 aliphatic rings. The van der Waals surface area contributed by atoms with E-state index in [1.807, 2.05) is 6.92 Å².